The quantitative estimate of drug-likeness (QED) is 0.562. The minimum Gasteiger partial charge on any atom is -0.317 e. The number of hydrogen-bond donors (Lipinski definition) is 1. The van der Waals surface area contributed by atoms with Crippen molar-refractivity contribution in [3.05, 3.63) is 6.20 Å². The Morgan fingerprint density at radius 1 is 1.40 bits per heavy atom. The zero-order valence-corrected chi connectivity index (χ0v) is 9.75. The number of hydroxylamine groups is 2. The minimum absolute atomic E-state index is 0.280. The number of hydrogen-bond acceptors (Lipinski definition) is 4. The fourth-order valence-electron chi connectivity index (χ4n) is 1.64. The maximum absolute atomic E-state index is 10.4. The summed E-state index contributed by atoms with van der Waals surface area (Å²) in [6, 6.07) is 0.284. The van der Waals surface area contributed by atoms with E-state index in [1.807, 2.05) is 20.8 Å². The van der Waals surface area contributed by atoms with Crippen molar-refractivity contribution in [3.63, 3.8) is 0 Å². The van der Waals surface area contributed by atoms with Crippen LogP contribution < -0.4 is 5.32 Å². The van der Waals surface area contributed by atoms with Crippen molar-refractivity contribution >= 4 is 5.94 Å². The van der Waals surface area contributed by atoms with Gasteiger partial charge in [-0.25, -0.2) is 9.86 Å². The highest BCUT2D eigenvalue weighted by Crippen LogP contribution is 2.18. The number of piperidine rings is 1. The van der Waals surface area contributed by atoms with Gasteiger partial charge in [-0.3, -0.25) is 4.84 Å². The van der Waals surface area contributed by atoms with E-state index in [1.165, 1.54) is 6.20 Å². The number of carbonyl (C=O) groups excluding carboxylic acids is 1. The average Bonchev–Trinajstić information content (AvgIpc) is 2.17. The van der Waals surface area contributed by atoms with Crippen LogP contribution in [0.1, 0.15) is 33.6 Å². The molecule has 15 heavy (non-hydrogen) atoms. The smallest absolute Gasteiger partial charge is 0.144 e. The van der Waals surface area contributed by atoms with Gasteiger partial charge in [-0.05, 0) is 46.7 Å². The summed E-state index contributed by atoms with van der Waals surface area (Å²) in [6.07, 6.45) is 3.35. The third-order valence-electron chi connectivity index (χ3n) is 2.23. The topological polar surface area (TPSA) is 41.6 Å². The summed E-state index contributed by atoms with van der Waals surface area (Å²) >= 11 is 0. The highest BCUT2D eigenvalue weighted by atomic mass is 16.7. The Morgan fingerprint density at radius 2 is 2.00 bits per heavy atom. The van der Waals surface area contributed by atoms with Crippen LogP contribution in [0.25, 0.3) is 0 Å². The van der Waals surface area contributed by atoms with E-state index in [4.69, 9.17) is 4.84 Å². The molecule has 0 bridgehead atoms. The lowest BCUT2D eigenvalue weighted by Crippen LogP contribution is -2.43. The minimum atomic E-state index is -0.280. The summed E-state index contributed by atoms with van der Waals surface area (Å²) in [4.78, 5) is 16.1. The zero-order chi connectivity index (χ0) is 11.3. The van der Waals surface area contributed by atoms with Crippen molar-refractivity contribution in [2.24, 2.45) is 0 Å². The van der Waals surface area contributed by atoms with Crippen molar-refractivity contribution in [1.82, 2.24) is 10.4 Å². The first-order valence-corrected chi connectivity index (χ1v) is 5.42. The van der Waals surface area contributed by atoms with Crippen LogP contribution in [-0.2, 0) is 9.63 Å². The molecule has 0 spiro atoms. The SMILES string of the molecule is CC(C)(C)ON(C=C=O)C1CCNCC1. The molecule has 86 valence electrons. The molecule has 1 N–H and O–H groups in total. The van der Waals surface area contributed by atoms with Crippen LogP contribution in [0, 0.1) is 0 Å². The Kier molecular flexibility index (Phi) is 4.33. The first-order chi connectivity index (χ1) is 7.03. The number of rotatable bonds is 3. The first-order valence-electron chi connectivity index (χ1n) is 5.42. The molecule has 0 atom stereocenters. The Balaban J connectivity index is 2.59. The second-order valence-corrected chi connectivity index (χ2v) is 4.79. The lowest BCUT2D eigenvalue weighted by atomic mass is 10.1. The third-order valence-corrected chi connectivity index (χ3v) is 2.23. The van der Waals surface area contributed by atoms with Gasteiger partial charge in [0, 0.05) is 0 Å². The standard InChI is InChI=1S/C11H20N2O2/c1-11(2,3)15-13(8-9-14)10-4-6-12-7-5-10/h8,10,12H,4-7H2,1-3H3. The summed E-state index contributed by atoms with van der Waals surface area (Å²) in [5.41, 5.74) is -0.280. The first kappa shape index (κ1) is 12.2. The molecule has 0 amide bonds. The van der Waals surface area contributed by atoms with E-state index < -0.39 is 0 Å². The molecule has 4 heteroatoms. The normalized spacial score (nSPS) is 18.3. The molecule has 0 unspecified atom stereocenters. The van der Waals surface area contributed by atoms with Crippen LogP contribution in [0.15, 0.2) is 6.20 Å². The molecule has 1 heterocycles. The fourth-order valence-corrected chi connectivity index (χ4v) is 1.64. The van der Waals surface area contributed by atoms with Crippen molar-refractivity contribution in [1.29, 1.82) is 0 Å². The van der Waals surface area contributed by atoms with Gasteiger partial charge in [0.05, 0.1) is 11.6 Å². The summed E-state index contributed by atoms with van der Waals surface area (Å²) in [7, 11) is 0. The maximum atomic E-state index is 10.4. The van der Waals surface area contributed by atoms with Crippen molar-refractivity contribution < 1.29 is 9.63 Å². The van der Waals surface area contributed by atoms with Crippen LogP contribution in [0.2, 0.25) is 0 Å². The van der Waals surface area contributed by atoms with Gasteiger partial charge < -0.3 is 5.32 Å². The fraction of sp³-hybridized carbons (Fsp3) is 0.818. The summed E-state index contributed by atoms with van der Waals surface area (Å²) < 4.78 is 0. The zero-order valence-electron chi connectivity index (χ0n) is 9.75. The lowest BCUT2D eigenvalue weighted by molar-refractivity contribution is -0.221. The van der Waals surface area contributed by atoms with Gasteiger partial charge in [0.1, 0.15) is 12.1 Å². The Labute approximate surface area is 91.2 Å². The van der Waals surface area contributed by atoms with Gasteiger partial charge in [-0.1, -0.05) is 0 Å². The third kappa shape index (κ3) is 4.47. The second-order valence-electron chi connectivity index (χ2n) is 4.79. The predicted molar refractivity (Wildman–Crippen MR) is 58.8 cm³/mol. The molecule has 1 saturated heterocycles. The van der Waals surface area contributed by atoms with E-state index in [1.54, 1.807) is 11.0 Å². The van der Waals surface area contributed by atoms with E-state index >= 15 is 0 Å². The van der Waals surface area contributed by atoms with Crippen LogP contribution in [0.4, 0.5) is 0 Å². The summed E-state index contributed by atoms with van der Waals surface area (Å²) in [6.45, 7) is 7.86. The van der Waals surface area contributed by atoms with Gasteiger partial charge in [0.25, 0.3) is 0 Å². The molecule has 0 aromatic heterocycles. The van der Waals surface area contributed by atoms with Gasteiger partial charge >= 0.3 is 0 Å². The van der Waals surface area contributed by atoms with Crippen molar-refractivity contribution in [2.45, 2.75) is 45.3 Å². The lowest BCUT2D eigenvalue weighted by Gasteiger charge is -2.36. The molecular formula is C11H20N2O2. The van der Waals surface area contributed by atoms with Gasteiger partial charge in [0.15, 0.2) is 0 Å². The van der Waals surface area contributed by atoms with E-state index in [9.17, 15) is 4.79 Å². The highest BCUT2D eigenvalue weighted by molar-refractivity contribution is 5.43. The Bertz CT molecular complexity index is 235. The molecule has 1 aliphatic heterocycles. The maximum Gasteiger partial charge on any atom is 0.144 e. The number of nitrogens with one attached hydrogen (secondary N) is 1. The predicted octanol–water partition coefficient (Wildman–Crippen LogP) is 1.12. The molecule has 1 rings (SSSR count). The molecule has 0 aromatic carbocycles. The molecule has 0 saturated carbocycles. The highest BCUT2D eigenvalue weighted by Gasteiger charge is 2.24. The van der Waals surface area contributed by atoms with Crippen molar-refractivity contribution in [2.75, 3.05) is 13.1 Å². The second kappa shape index (κ2) is 5.31. The van der Waals surface area contributed by atoms with Crippen LogP contribution in [0.5, 0.6) is 0 Å². The Hall–Kier alpha value is -0.830. The van der Waals surface area contributed by atoms with Crippen molar-refractivity contribution in [3.8, 4) is 0 Å². The largest absolute Gasteiger partial charge is 0.317 e. The van der Waals surface area contributed by atoms with Gasteiger partial charge in [-0.15, -0.1) is 0 Å². The summed E-state index contributed by atoms with van der Waals surface area (Å²) in [5.74, 6) is 1.79. The van der Waals surface area contributed by atoms with E-state index in [0.29, 0.717) is 0 Å². The average molecular weight is 212 g/mol. The molecular weight excluding hydrogens is 192 g/mol. The monoisotopic (exact) mass is 212 g/mol. The van der Waals surface area contributed by atoms with Crippen LogP contribution in [0.3, 0.4) is 0 Å². The van der Waals surface area contributed by atoms with Gasteiger partial charge in [0.2, 0.25) is 0 Å². The molecule has 1 fully saturated rings. The molecule has 1 aliphatic rings. The summed E-state index contributed by atoms with van der Waals surface area (Å²) in [5, 5.41) is 4.94. The molecule has 0 aliphatic carbocycles. The van der Waals surface area contributed by atoms with Gasteiger partial charge in [-0.2, -0.15) is 0 Å². The molecule has 0 radical (unpaired) electrons. The van der Waals surface area contributed by atoms with E-state index in [-0.39, 0.29) is 11.6 Å². The van der Waals surface area contributed by atoms with Crippen LogP contribution in [-0.4, -0.2) is 35.7 Å². The molecule has 4 nitrogen and oxygen atoms in total. The van der Waals surface area contributed by atoms with Crippen LogP contribution >= 0.6 is 0 Å². The Morgan fingerprint density at radius 3 is 2.47 bits per heavy atom. The van der Waals surface area contributed by atoms with E-state index in [2.05, 4.69) is 5.32 Å². The number of nitrogens with zero attached hydrogens (tertiary/aromatic N) is 1. The molecule has 0 aromatic rings. The van der Waals surface area contributed by atoms with E-state index in [0.717, 1.165) is 25.9 Å².